The van der Waals surface area contributed by atoms with Gasteiger partial charge in [-0.05, 0) is 33.8 Å². The molecule has 1 aromatic carbocycles. The van der Waals surface area contributed by atoms with Gasteiger partial charge in [0.2, 0.25) is 0 Å². The maximum Gasteiger partial charge on any atom is 0.191 e. The van der Waals surface area contributed by atoms with Crippen LogP contribution in [0.5, 0.6) is 0 Å². The molecular weight excluding hydrogens is 459 g/mol. The zero-order valence-electron chi connectivity index (χ0n) is 15.5. The van der Waals surface area contributed by atoms with Crippen molar-refractivity contribution in [2.24, 2.45) is 4.99 Å². The van der Waals surface area contributed by atoms with Crippen molar-refractivity contribution < 1.29 is 4.42 Å². The van der Waals surface area contributed by atoms with Crippen LogP contribution in [0.1, 0.15) is 33.8 Å². The molecule has 0 unspecified atom stereocenters. The highest BCUT2D eigenvalue weighted by atomic mass is 127. The third-order valence-electron chi connectivity index (χ3n) is 4.08. The van der Waals surface area contributed by atoms with Gasteiger partial charge in [0.25, 0.3) is 0 Å². The van der Waals surface area contributed by atoms with Crippen LogP contribution < -0.4 is 10.6 Å². The second-order valence-electron chi connectivity index (χ2n) is 5.94. The SMILES string of the molecule is CCNC(=NCc1oc2ccccc2c1C)NCc1sc(C)nc1C.I. The molecule has 0 radical (unpaired) electrons. The number of aromatic nitrogens is 1. The fourth-order valence-electron chi connectivity index (χ4n) is 2.77. The van der Waals surface area contributed by atoms with Gasteiger partial charge in [-0.25, -0.2) is 9.98 Å². The van der Waals surface area contributed by atoms with Crippen LogP contribution in [0.3, 0.4) is 0 Å². The lowest BCUT2D eigenvalue weighted by Gasteiger charge is -2.10. The lowest BCUT2D eigenvalue weighted by molar-refractivity contribution is 0.548. The molecule has 2 aromatic heterocycles. The number of fused-ring (bicyclic) bond motifs is 1. The van der Waals surface area contributed by atoms with E-state index in [-0.39, 0.29) is 24.0 Å². The fourth-order valence-corrected chi connectivity index (χ4v) is 3.65. The van der Waals surface area contributed by atoms with Crippen LogP contribution in [-0.2, 0) is 13.1 Å². The zero-order chi connectivity index (χ0) is 17.8. The predicted octanol–water partition coefficient (Wildman–Crippen LogP) is 4.69. The van der Waals surface area contributed by atoms with Crippen molar-refractivity contribution in [2.45, 2.75) is 40.8 Å². The van der Waals surface area contributed by atoms with Gasteiger partial charge in [0.1, 0.15) is 17.9 Å². The van der Waals surface area contributed by atoms with Crippen LogP contribution in [0, 0.1) is 20.8 Å². The second kappa shape index (κ2) is 9.36. The quantitative estimate of drug-likeness (QED) is 0.314. The van der Waals surface area contributed by atoms with E-state index < -0.39 is 0 Å². The summed E-state index contributed by atoms with van der Waals surface area (Å²) in [5, 5.41) is 8.91. The van der Waals surface area contributed by atoms with Crippen molar-refractivity contribution in [3.8, 4) is 0 Å². The standard InChI is InChI=1S/C19H24N4OS.HI/c1-5-20-19(22-11-18-13(3)23-14(4)25-18)21-10-17-12(2)15-8-6-7-9-16(15)24-17;/h6-9H,5,10-11H2,1-4H3,(H2,20,21,22);1H. The van der Waals surface area contributed by atoms with Gasteiger partial charge in [-0.3, -0.25) is 0 Å². The smallest absolute Gasteiger partial charge is 0.191 e. The van der Waals surface area contributed by atoms with E-state index in [1.165, 1.54) is 4.88 Å². The Morgan fingerprint density at radius 3 is 2.62 bits per heavy atom. The van der Waals surface area contributed by atoms with Gasteiger partial charge in [0.15, 0.2) is 5.96 Å². The summed E-state index contributed by atoms with van der Waals surface area (Å²) < 4.78 is 5.94. The molecule has 2 heterocycles. The highest BCUT2D eigenvalue weighted by molar-refractivity contribution is 14.0. The Morgan fingerprint density at radius 1 is 1.19 bits per heavy atom. The molecule has 3 rings (SSSR count). The molecule has 0 spiro atoms. The van der Waals surface area contributed by atoms with E-state index in [1.54, 1.807) is 11.3 Å². The molecule has 0 aliphatic heterocycles. The number of aliphatic imine (C=N–C) groups is 1. The van der Waals surface area contributed by atoms with Gasteiger partial charge >= 0.3 is 0 Å². The van der Waals surface area contributed by atoms with E-state index >= 15 is 0 Å². The Bertz CT molecular complexity index is 900. The topological polar surface area (TPSA) is 62.5 Å². The first kappa shape index (κ1) is 20.7. The van der Waals surface area contributed by atoms with Crippen LogP contribution in [0.25, 0.3) is 11.0 Å². The highest BCUT2D eigenvalue weighted by Gasteiger charge is 2.10. The second-order valence-corrected chi connectivity index (χ2v) is 7.22. The Morgan fingerprint density at radius 2 is 1.96 bits per heavy atom. The summed E-state index contributed by atoms with van der Waals surface area (Å²) in [6.45, 7) is 10.3. The van der Waals surface area contributed by atoms with E-state index in [1.807, 2.05) is 32.0 Å². The van der Waals surface area contributed by atoms with Crippen molar-refractivity contribution in [2.75, 3.05) is 6.54 Å². The lowest BCUT2D eigenvalue weighted by atomic mass is 10.1. The number of para-hydroxylation sites is 1. The number of furan rings is 1. The first-order chi connectivity index (χ1) is 12.1. The van der Waals surface area contributed by atoms with Crippen molar-refractivity contribution in [3.05, 3.63) is 51.2 Å². The summed E-state index contributed by atoms with van der Waals surface area (Å²) in [6, 6.07) is 8.10. The molecule has 0 fully saturated rings. The number of thiazole rings is 1. The van der Waals surface area contributed by atoms with Crippen molar-refractivity contribution in [3.63, 3.8) is 0 Å². The minimum absolute atomic E-state index is 0. The number of nitrogens with one attached hydrogen (secondary N) is 2. The molecule has 7 heteroatoms. The lowest BCUT2D eigenvalue weighted by Crippen LogP contribution is -2.36. The van der Waals surface area contributed by atoms with Crippen LogP contribution in [0.15, 0.2) is 33.7 Å². The van der Waals surface area contributed by atoms with Gasteiger partial charge in [0.05, 0.1) is 17.2 Å². The van der Waals surface area contributed by atoms with E-state index in [4.69, 9.17) is 4.42 Å². The van der Waals surface area contributed by atoms with Crippen molar-refractivity contribution in [1.82, 2.24) is 15.6 Å². The monoisotopic (exact) mass is 484 g/mol. The maximum absolute atomic E-state index is 5.94. The molecule has 26 heavy (non-hydrogen) atoms. The highest BCUT2D eigenvalue weighted by Crippen LogP contribution is 2.25. The summed E-state index contributed by atoms with van der Waals surface area (Å²) >= 11 is 1.72. The molecule has 2 N–H and O–H groups in total. The molecule has 0 bridgehead atoms. The van der Waals surface area contributed by atoms with Crippen molar-refractivity contribution in [1.29, 1.82) is 0 Å². The summed E-state index contributed by atoms with van der Waals surface area (Å²) in [6.07, 6.45) is 0. The Kier molecular flexibility index (Phi) is 7.45. The van der Waals surface area contributed by atoms with Gasteiger partial charge in [0, 0.05) is 22.4 Å². The number of nitrogens with zero attached hydrogens (tertiary/aromatic N) is 2. The van der Waals surface area contributed by atoms with E-state index in [9.17, 15) is 0 Å². The van der Waals surface area contributed by atoms with Crippen LogP contribution in [0.4, 0.5) is 0 Å². The van der Waals surface area contributed by atoms with E-state index in [0.29, 0.717) is 6.54 Å². The maximum atomic E-state index is 5.94. The summed E-state index contributed by atoms with van der Waals surface area (Å²) in [4.78, 5) is 10.4. The third kappa shape index (κ3) is 4.76. The largest absolute Gasteiger partial charge is 0.459 e. The van der Waals surface area contributed by atoms with Gasteiger partial charge in [-0.2, -0.15) is 0 Å². The number of guanidine groups is 1. The molecule has 0 aliphatic carbocycles. The molecule has 0 atom stereocenters. The number of benzene rings is 1. The van der Waals surface area contributed by atoms with Gasteiger partial charge in [-0.1, -0.05) is 18.2 Å². The predicted molar refractivity (Wildman–Crippen MR) is 120 cm³/mol. The number of hydrogen-bond acceptors (Lipinski definition) is 4. The summed E-state index contributed by atoms with van der Waals surface area (Å²) in [5.41, 5.74) is 3.15. The Hall–Kier alpha value is -1.61. The molecule has 0 saturated carbocycles. The Balaban J connectivity index is 0.00000243. The normalized spacial score (nSPS) is 11.5. The minimum Gasteiger partial charge on any atom is -0.459 e. The zero-order valence-corrected chi connectivity index (χ0v) is 18.7. The van der Waals surface area contributed by atoms with Crippen LogP contribution >= 0.6 is 35.3 Å². The fraction of sp³-hybridized carbons (Fsp3) is 0.368. The van der Waals surface area contributed by atoms with Crippen LogP contribution in [-0.4, -0.2) is 17.5 Å². The number of aryl methyl sites for hydroxylation is 3. The number of halogens is 1. The summed E-state index contributed by atoms with van der Waals surface area (Å²) in [7, 11) is 0. The number of hydrogen-bond donors (Lipinski definition) is 2. The first-order valence-electron chi connectivity index (χ1n) is 8.50. The Labute approximate surface area is 175 Å². The van der Waals surface area contributed by atoms with Crippen LogP contribution in [0.2, 0.25) is 0 Å². The molecule has 0 saturated heterocycles. The molecule has 0 amide bonds. The average molecular weight is 484 g/mol. The van der Waals surface area contributed by atoms with E-state index in [0.717, 1.165) is 52.0 Å². The number of rotatable bonds is 5. The first-order valence-corrected chi connectivity index (χ1v) is 9.32. The summed E-state index contributed by atoms with van der Waals surface area (Å²) in [5.74, 6) is 1.69. The van der Waals surface area contributed by atoms with Gasteiger partial charge in [-0.15, -0.1) is 35.3 Å². The molecule has 0 aliphatic rings. The van der Waals surface area contributed by atoms with Crippen molar-refractivity contribution >= 4 is 52.2 Å². The molecule has 140 valence electrons. The van der Waals surface area contributed by atoms with E-state index in [2.05, 4.69) is 40.5 Å². The van der Waals surface area contributed by atoms with Gasteiger partial charge < -0.3 is 15.1 Å². The molecular formula is C19H25IN4OS. The minimum atomic E-state index is 0. The molecule has 5 nitrogen and oxygen atoms in total. The third-order valence-corrected chi connectivity index (χ3v) is 5.16. The molecule has 3 aromatic rings. The average Bonchev–Trinajstić information content (AvgIpc) is 3.09.